The molecular weight excluding hydrogens is 298 g/mol. The predicted octanol–water partition coefficient (Wildman–Crippen LogP) is 4.14. The van der Waals surface area contributed by atoms with E-state index < -0.39 is 0 Å². The molecule has 1 aromatic carbocycles. The third-order valence-corrected chi connectivity index (χ3v) is 3.37. The first-order valence-electron chi connectivity index (χ1n) is 4.22. The van der Waals surface area contributed by atoms with Gasteiger partial charge in [-0.3, -0.25) is 0 Å². The fourth-order valence-electron chi connectivity index (χ4n) is 1.06. The molecule has 0 radical (unpaired) electrons. The average molecular weight is 305 g/mol. The largest absolute Gasteiger partial charge is 0.486 e. The molecule has 0 bridgehead atoms. The smallest absolute Gasteiger partial charge is 0.140 e. The van der Waals surface area contributed by atoms with Crippen molar-refractivity contribution in [2.24, 2.45) is 0 Å². The van der Waals surface area contributed by atoms with Crippen LogP contribution in [0.5, 0.6) is 5.75 Å². The van der Waals surface area contributed by atoms with Gasteiger partial charge < -0.3 is 4.74 Å². The number of rotatable bonds is 3. The van der Waals surface area contributed by atoms with E-state index in [-0.39, 0.29) is 0 Å². The molecule has 0 unspecified atom stereocenters. The predicted molar refractivity (Wildman–Crippen MR) is 65.6 cm³/mol. The number of benzene rings is 1. The highest BCUT2D eigenvalue weighted by Gasteiger charge is 2.01. The average Bonchev–Trinajstić information content (AvgIpc) is 2.62. The first-order chi connectivity index (χ1) is 7.24. The van der Waals surface area contributed by atoms with E-state index in [2.05, 4.69) is 20.9 Å². The molecular formula is C10H7BrClNOS. The van der Waals surface area contributed by atoms with Crippen LogP contribution in [0, 0.1) is 0 Å². The van der Waals surface area contributed by atoms with Crippen molar-refractivity contribution in [3.63, 3.8) is 0 Å². The Morgan fingerprint density at radius 3 is 3.00 bits per heavy atom. The van der Waals surface area contributed by atoms with Gasteiger partial charge in [-0.05, 0) is 34.1 Å². The van der Waals surface area contributed by atoms with Crippen LogP contribution >= 0.6 is 38.9 Å². The third-order valence-electron chi connectivity index (χ3n) is 1.68. The normalized spacial score (nSPS) is 10.3. The van der Waals surface area contributed by atoms with Gasteiger partial charge in [0.25, 0.3) is 0 Å². The Morgan fingerprint density at radius 2 is 2.33 bits per heavy atom. The van der Waals surface area contributed by atoms with Gasteiger partial charge in [0.05, 0.1) is 9.98 Å². The minimum atomic E-state index is 0.469. The van der Waals surface area contributed by atoms with Crippen LogP contribution in [0.2, 0.25) is 5.02 Å². The van der Waals surface area contributed by atoms with Gasteiger partial charge in [-0.25, -0.2) is 4.98 Å². The number of aromatic nitrogens is 1. The Hall–Kier alpha value is -0.580. The lowest BCUT2D eigenvalue weighted by Gasteiger charge is -2.03. The molecule has 2 nitrogen and oxygen atoms in total. The van der Waals surface area contributed by atoms with Crippen LogP contribution in [0.4, 0.5) is 0 Å². The monoisotopic (exact) mass is 303 g/mol. The summed E-state index contributed by atoms with van der Waals surface area (Å²) in [4.78, 5) is 4.17. The lowest BCUT2D eigenvalue weighted by Crippen LogP contribution is -1.93. The molecule has 0 atom stereocenters. The van der Waals surface area contributed by atoms with Gasteiger partial charge in [-0.15, -0.1) is 11.3 Å². The van der Waals surface area contributed by atoms with Crippen molar-refractivity contribution < 1.29 is 4.74 Å². The quantitative estimate of drug-likeness (QED) is 0.850. The number of thiazole rings is 1. The number of ether oxygens (including phenoxy) is 1. The van der Waals surface area contributed by atoms with E-state index in [0.717, 1.165) is 14.5 Å². The maximum atomic E-state index is 5.83. The molecule has 0 spiro atoms. The second kappa shape index (κ2) is 4.96. The van der Waals surface area contributed by atoms with E-state index in [1.54, 1.807) is 23.6 Å². The van der Waals surface area contributed by atoms with Crippen molar-refractivity contribution in [3.8, 4) is 5.75 Å². The van der Waals surface area contributed by atoms with Crippen LogP contribution in [0.25, 0.3) is 0 Å². The molecule has 1 heterocycles. The Morgan fingerprint density at radius 1 is 1.47 bits per heavy atom. The van der Waals surface area contributed by atoms with Gasteiger partial charge in [-0.1, -0.05) is 17.7 Å². The van der Waals surface area contributed by atoms with Crippen LogP contribution < -0.4 is 4.74 Å². The zero-order chi connectivity index (χ0) is 10.7. The summed E-state index contributed by atoms with van der Waals surface area (Å²) in [5, 5.41) is 1.61. The minimum Gasteiger partial charge on any atom is -0.486 e. The number of hydrogen-bond acceptors (Lipinski definition) is 3. The maximum absolute atomic E-state index is 5.83. The van der Waals surface area contributed by atoms with Crippen LogP contribution in [-0.2, 0) is 6.61 Å². The molecule has 2 rings (SSSR count). The molecule has 15 heavy (non-hydrogen) atoms. The molecule has 5 heteroatoms. The highest BCUT2D eigenvalue weighted by Crippen LogP contribution is 2.22. The highest BCUT2D eigenvalue weighted by molar-refractivity contribution is 9.11. The van der Waals surface area contributed by atoms with Crippen molar-refractivity contribution in [2.75, 3.05) is 0 Å². The molecule has 0 aliphatic heterocycles. The number of hydrogen-bond donors (Lipinski definition) is 0. The summed E-state index contributed by atoms with van der Waals surface area (Å²) in [6.45, 7) is 0.469. The highest BCUT2D eigenvalue weighted by atomic mass is 79.9. The maximum Gasteiger partial charge on any atom is 0.140 e. The fourth-order valence-corrected chi connectivity index (χ4v) is 2.45. The lowest BCUT2D eigenvalue weighted by molar-refractivity contribution is 0.305. The van der Waals surface area contributed by atoms with Crippen molar-refractivity contribution in [1.29, 1.82) is 0 Å². The number of halogens is 2. The van der Waals surface area contributed by atoms with Crippen molar-refractivity contribution in [2.45, 2.75) is 6.61 Å². The molecule has 0 aliphatic carbocycles. The Kier molecular flexibility index (Phi) is 3.61. The van der Waals surface area contributed by atoms with Gasteiger partial charge in [0.2, 0.25) is 0 Å². The van der Waals surface area contributed by atoms with Crippen LogP contribution in [0.15, 0.2) is 34.2 Å². The first kappa shape index (κ1) is 10.9. The summed E-state index contributed by atoms with van der Waals surface area (Å²) in [5.41, 5.74) is 0. The first-order valence-corrected chi connectivity index (χ1v) is 6.21. The van der Waals surface area contributed by atoms with Crippen LogP contribution in [-0.4, -0.2) is 4.98 Å². The van der Waals surface area contributed by atoms with Gasteiger partial charge in [0, 0.05) is 5.02 Å². The van der Waals surface area contributed by atoms with Gasteiger partial charge in [0.15, 0.2) is 0 Å². The fraction of sp³-hybridized carbons (Fsp3) is 0.100. The van der Waals surface area contributed by atoms with E-state index in [4.69, 9.17) is 16.3 Å². The topological polar surface area (TPSA) is 22.1 Å². The standard InChI is InChI=1S/C10H7BrClNOS/c11-9-5-13-10(15-9)6-14-8-3-1-2-7(12)4-8/h1-5H,6H2. The van der Waals surface area contributed by atoms with Crippen LogP contribution in [0.1, 0.15) is 5.01 Å². The lowest BCUT2D eigenvalue weighted by atomic mass is 10.3. The molecule has 0 aliphatic rings. The summed E-state index contributed by atoms with van der Waals surface area (Å²) in [5.74, 6) is 0.758. The summed E-state index contributed by atoms with van der Waals surface area (Å²) in [7, 11) is 0. The van der Waals surface area contributed by atoms with Gasteiger partial charge >= 0.3 is 0 Å². The zero-order valence-electron chi connectivity index (χ0n) is 7.61. The van der Waals surface area contributed by atoms with Crippen molar-refractivity contribution in [3.05, 3.63) is 44.3 Å². The zero-order valence-corrected chi connectivity index (χ0v) is 10.8. The van der Waals surface area contributed by atoms with Crippen LogP contribution in [0.3, 0.4) is 0 Å². The molecule has 0 saturated heterocycles. The van der Waals surface area contributed by atoms with E-state index in [9.17, 15) is 0 Å². The summed E-state index contributed by atoms with van der Waals surface area (Å²) in [6.07, 6.45) is 1.77. The SMILES string of the molecule is Clc1cccc(OCc2ncc(Br)s2)c1. The number of nitrogens with zero attached hydrogens (tertiary/aromatic N) is 1. The third kappa shape index (κ3) is 3.19. The second-order valence-corrected chi connectivity index (χ2v) is 5.74. The van der Waals surface area contributed by atoms with Gasteiger partial charge in [0.1, 0.15) is 17.4 Å². The van der Waals surface area contributed by atoms with Gasteiger partial charge in [-0.2, -0.15) is 0 Å². The minimum absolute atomic E-state index is 0.469. The Labute approximate surface area is 105 Å². The van der Waals surface area contributed by atoms with Crippen molar-refractivity contribution >= 4 is 38.9 Å². The van der Waals surface area contributed by atoms with E-state index in [1.807, 2.05) is 18.2 Å². The van der Waals surface area contributed by atoms with E-state index in [0.29, 0.717) is 11.6 Å². The summed E-state index contributed by atoms with van der Waals surface area (Å²) in [6, 6.07) is 7.32. The van der Waals surface area contributed by atoms with E-state index >= 15 is 0 Å². The summed E-state index contributed by atoms with van der Waals surface area (Å²) >= 11 is 10.7. The molecule has 0 fully saturated rings. The molecule has 0 amide bonds. The molecule has 1 aromatic heterocycles. The Bertz CT molecular complexity index is 460. The molecule has 0 N–H and O–H groups in total. The molecule has 78 valence electrons. The second-order valence-electron chi connectivity index (χ2n) is 2.80. The molecule has 2 aromatic rings. The molecule has 0 saturated carbocycles. The van der Waals surface area contributed by atoms with E-state index in [1.165, 1.54) is 0 Å². The van der Waals surface area contributed by atoms with Crippen molar-refractivity contribution in [1.82, 2.24) is 4.98 Å². The summed E-state index contributed by atoms with van der Waals surface area (Å²) < 4.78 is 6.54. The Balaban J connectivity index is 1.99.